The summed E-state index contributed by atoms with van der Waals surface area (Å²) in [5, 5.41) is 8.40. The molecule has 0 spiro atoms. The van der Waals surface area contributed by atoms with Gasteiger partial charge in [-0.2, -0.15) is 23.4 Å². The van der Waals surface area contributed by atoms with Crippen LogP contribution in [0.1, 0.15) is 17.0 Å². The number of aromatic nitrogens is 6. The summed E-state index contributed by atoms with van der Waals surface area (Å²) < 4.78 is 82.0. The fraction of sp³-hybridized carbons (Fsp3) is 0.300. The first-order valence-corrected chi connectivity index (χ1v) is 11.7. The van der Waals surface area contributed by atoms with Gasteiger partial charge in [-0.1, -0.05) is 0 Å². The van der Waals surface area contributed by atoms with Crippen LogP contribution in [0.15, 0.2) is 35.6 Å². The third-order valence-corrected chi connectivity index (χ3v) is 6.84. The van der Waals surface area contributed by atoms with Crippen LogP contribution in [0.5, 0.6) is 5.88 Å². The van der Waals surface area contributed by atoms with Gasteiger partial charge in [-0.05, 0) is 12.1 Å². The molecule has 11 nitrogen and oxygen atoms in total. The average Bonchev–Trinajstić information content (AvgIpc) is 3.40. The van der Waals surface area contributed by atoms with E-state index >= 15 is 0 Å². The Labute approximate surface area is 196 Å². The smallest absolute Gasteiger partial charge is 0.435 e. The molecule has 0 aromatic carbocycles. The molecule has 0 aliphatic carbocycles. The van der Waals surface area contributed by atoms with Gasteiger partial charge in [-0.25, -0.2) is 23.1 Å². The summed E-state index contributed by atoms with van der Waals surface area (Å²) in [6.07, 6.45) is -0.380. The van der Waals surface area contributed by atoms with Gasteiger partial charge in [-0.15, -0.1) is 0 Å². The predicted octanol–water partition coefficient (Wildman–Crippen LogP) is 2.45. The van der Waals surface area contributed by atoms with E-state index in [1.54, 1.807) is 7.05 Å². The molecule has 184 valence electrons. The van der Waals surface area contributed by atoms with Crippen molar-refractivity contribution in [2.75, 3.05) is 18.4 Å². The summed E-state index contributed by atoms with van der Waals surface area (Å²) in [5.41, 5.74) is -0.229. The van der Waals surface area contributed by atoms with Crippen molar-refractivity contribution in [3.05, 3.63) is 47.7 Å². The number of anilines is 1. The highest BCUT2D eigenvalue weighted by Crippen LogP contribution is 2.36. The number of ether oxygens (including phenoxy) is 2. The second-order valence-corrected chi connectivity index (χ2v) is 9.34. The fourth-order valence-corrected chi connectivity index (χ4v) is 4.91. The largest absolute Gasteiger partial charge is 0.479 e. The van der Waals surface area contributed by atoms with Crippen LogP contribution in [0.2, 0.25) is 0 Å². The SMILES string of the molecule is COc1ncc2cnn(C)c2c1NS(=O)(=O)c1ccc(-n2nc(C(F)(F)F)c3c2CCOC3)nc1. The normalized spacial score (nSPS) is 14.2. The highest BCUT2D eigenvalue weighted by atomic mass is 32.2. The molecule has 5 rings (SSSR count). The van der Waals surface area contributed by atoms with E-state index in [-0.39, 0.29) is 47.5 Å². The van der Waals surface area contributed by atoms with Crippen molar-refractivity contribution in [3.8, 4) is 11.7 Å². The Morgan fingerprint density at radius 1 is 1.17 bits per heavy atom. The Bertz CT molecular complexity index is 1530. The molecule has 0 unspecified atom stereocenters. The van der Waals surface area contributed by atoms with Crippen molar-refractivity contribution in [1.29, 1.82) is 0 Å². The zero-order valence-corrected chi connectivity index (χ0v) is 19.2. The van der Waals surface area contributed by atoms with Gasteiger partial charge in [0.15, 0.2) is 11.5 Å². The van der Waals surface area contributed by atoms with Gasteiger partial charge in [0.2, 0.25) is 5.88 Å². The summed E-state index contributed by atoms with van der Waals surface area (Å²) in [6.45, 7) is 0.0256. The number of rotatable bonds is 5. The lowest BCUT2D eigenvalue weighted by atomic mass is 10.1. The van der Waals surface area contributed by atoms with E-state index in [2.05, 4.69) is 24.9 Å². The quantitative estimate of drug-likeness (QED) is 0.435. The van der Waals surface area contributed by atoms with Crippen LogP contribution in [0.25, 0.3) is 16.7 Å². The van der Waals surface area contributed by atoms with E-state index in [9.17, 15) is 21.6 Å². The number of pyridine rings is 2. The fourth-order valence-electron chi connectivity index (χ4n) is 3.90. The summed E-state index contributed by atoms with van der Waals surface area (Å²) in [4.78, 5) is 7.96. The van der Waals surface area contributed by atoms with Gasteiger partial charge < -0.3 is 9.47 Å². The number of nitrogens with one attached hydrogen (secondary N) is 1. The van der Waals surface area contributed by atoms with Gasteiger partial charge >= 0.3 is 6.18 Å². The Kier molecular flexibility index (Phi) is 5.40. The maximum absolute atomic E-state index is 13.4. The first-order valence-electron chi connectivity index (χ1n) is 10.2. The third kappa shape index (κ3) is 3.95. The minimum Gasteiger partial charge on any atom is -0.479 e. The van der Waals surface area contributed by atoms with E-state index in [1.807, 2.05) is 0 Å². The maximum atomic E-state index is 13.4. The molecule has 0 atom stereocenters. The molecule has 4 aromatic heterocycles. The summed E-state index contributed by atoms with van der Waals surface area (Å²) in [6, 6.07) is 2.52. The van der Waals surface area contributed by atoms with Crippen molar-refractivity contribution < 1.29 is 31.1 Å². The van der Waals surface area contributed by atoms with E-state index in [1.165, 1.54) is 36.3 Å². The minimum absolute atomic E-state index is 0.0410. The van der Waals surface area contributed by atoms with E-state index in [0.717, 1.165) is 10.9 Å². The van der Waals surface area contributed by atoms with Crippen LogP contribution >= 0.6 is 0 Å². The Morgan fingerprint density at radius 3 is 2.66 bits per heavy atom. The lowest BCUT2D eigenvalue weighted by Gasteiger charge is -2.15. The van der Waals surface area contributed by atoms with Crippen LogP contribution in [-0.4, -0.2) is 51.7 Å². The monoisotopic (exact) mass is 509 g/mol. The molecule has 1 aliphatic heterocycles. The number of sulfonamides is 1. The van der Waals surface area contributed by atoms with Crippen LogP contribution in [-0.2, 0) is 41.0 Å². The molecule has 0 saturated heterocycles. The zero-order chi connectivity index (χ0) is 25.0. The first-order chi connectivity index (χ1) is 16.6. The molecular formula is C20H18F3N7O4S. The topological polar surface area (TPSA) is 126 Å². The van der Waals surface area contributed by atoms with Gasteiger partial charge in [-0.3, -0.25) is 9.40 Å². The lowest BCUT2D eigenvalue weighted by molar-refractivity contribution is -0.142. The van der Waals surface area contributed by atoms with E-state index < -0.39 is 21.9 Å². The van der Waals surface area contributed by atoms with E-state index in [4.69, 9.17) is 9.47 Å². The molecule has 1 N–H and O–H groups in total. The number of nitrogens with zero attached hydrogens (tertiary/aromatic N) is 6. The molecule has 0 bridgehead atoms. The highest BCUT2D eigenvalue weighted by Gasteiger charge is 2.40. The van der Waals surface area contributed by atoms with E-state index in [0.29, 0.717) is 16.6 Å². The molecule has 35 heavy (non-hydrogen) atoms. The van der Waals surface area contributed by atoms with Crippen molar-refractivity contribution in [3.63, 3.8) is 0 Å². The molecule has 15 heteroatoms. The number of methoxy groups -OCH3 is 1. The molecule has 1 aliphatic rings. The van der Waals surface area contributed by atoms with Gasteiger partial charge in [0.05, 0.1) is 37.7 Å². The van der Waals surface area contributed by atoms with Crippen LogP contribution < -0.4 is 9.46 Å². The molecule has 0 saturated carbocycles. The van der Waals surface area contributed by atoms with Crippen molar-refractivity contribution in [1.82, 2.24) is 29.5 Å². The molecular weight excluding hydrogens is 491 g/mol. The van der Waals surface area contributed by atoms with Crippen LogP contribution in [0.4, 0.5) is 18.9 Å². The zero-order valence-electron chi connectivity index (χ0n) is 18.4. The van der Waals surface area contributed by atoms with Gasteiger partial charge in [0.1, 0.15) is 10.6 Å². The number of aryl methyl sites for hydroxylation is 1. The molecule has 0 fully saturated rings. The van der Waals surface area contributed by atoms with Crippen LogP contribution in [0.3, 0.4) is 0 Å². The molecule has 4 aromatic rings. The van der Waals surface area contributed by atoms with Crippen molar-refractivity contribution >= 4 is 26.6 Å². The summed E-state index contributed by atoms with van der Waals surface area (Å²) in [5.74, 6) is 0.0879. The second-order valence-electron chi connectivity index (χ2n) is 7.66. The number of hydrogen-bond acceptors (Lipinski definition) is 8. The Morgan fingerprint density at radius 2 is 1.97 bits per heavy atom. The van der Waals surface area contributed by atoms with Gasteiger partial charge in [0.25, 0.3) is 10.0 Å². The standard InChI is InChI=1S/C20H18F3N7O4S/c1-29-17-11(8-26-29)7-25-19(33-2)16(17)28-35(31,32)12-3-4-15(24-9-12)30-14-5-6-34-10-13(14)18(27-30)20(21,22)23/h3-4,7-9,28H,5-6,10H2,1-2H3. The second kappa shape index (κ2) is 8.20. The molecule has 0 radical (unpaired) electrons. The Hall–Kier alpha value is -3.72. The van der Waals surface area contributed by atoms with Crippen LogP contribution in [0, 0.1) is 0 Å². The molecule has 5 heterocycles. The number of halogens is 3. The first kappa shape index (κ1) is 23.0. The van der Waals surface area contributed by atoms with Crippen molar-refractivity contribution in [2.45, 2.75) is 24.1 Å². The third-order valence-electron chi connectivity index (χ3n) is 5.50. The number of alkyl halides is 3. The minimum atomic E-state index is -4.66. The predicted molar refractivity (Wildman–Crippen MR) is 116 cm³/mol. The summed E-state index contributed by atoms with van der Waals surface area (Å²) in [7, 11) is -1.18. The molecule has 0 amide bonds. The summed E-state index contributed by atoms with van der Waals surface area (Å²) >= 11 is 0. The Balaban J connectivity index is 1.51. The van der Waals surface area contributed by atoms with Crippen molar-refractivity contribution in [2.24, 2.45) is 7.05 Å². The lowest BCUT2D eigenvalue weighted by Crippen LogP contribution is -2.16. The number of hydrogen-bond donors (Lipinski definition) is 1. The highest BCUT2D eigenvalue weighted by molar-refractivity contribution is 7.92. The maximum Gasteiger partial charge on any atom is 0.435 e. The van der Waals surface area contributed by atoms with Gasteiger partial charge in [0, 0.05) is 36.8 Å². The average molecular weight is 509 g/mol. The number of fused-ring (bicyclic) bond motifs is 2.